The molecule has 16 rings (SSSR count). The Morgan fingerprint density at radius 3 is 0.759 bits per heavy atom. The molecule has 26 nitrogen and oxygen atoms in total. The zero-order valence-electron chi connectivity index (χ0n) is 71.6. The minimum absolute atomic E-state index is 0. The number of anilines is 8. The first-order chi connectivity index (χ1) is 52.9. The zero-order chi connectivity index (χ0) is 76.8. The first-order valence-electron chi connectivity index (χ1n) is 39.4. The van der Waals surface area contributed by atoms with Gasteiger partial charge in [-0.3, -0.25) is 50.1 Å². The van der Waals surface area contributed by atoms with E-state index in [1.54, 1.807) is 68.0 Å². The fraction of sp³-hybridized carbons (Fsp3) is 0.585. The van der Waals surface area contributed by atoms with Gasteiger partial charge in [0.15, 0.2) is 0 Å². The topological polar surface area (TPSA) is 219 Å². The van der Waals surface area contributed by atoms with Crippen LogP contribution >= 0.6 is 0 Å². The van der Waals surface area contributed by atoms with Crippen LogP contribution in [0.15, 0.2) is 110 Å². The maximum atomic E-state index is 4.30. The van der Waals surface area contributed by atoms with Crippen molar-refractivity contribution in [2.45, 2.75) is 107 Å². The van der Waals surface area contributed by atoms with Crippen molar-refractivity contribution in [3.8, 4) is 0 Å². The Labute approximate surface area is 899 Å². The van der Waals surface area contributed by atoms with E-state index in [9.17, 15) is 0 Å². The number of aromatic nitrogens is 14. The summed E-state index contributed by atoms with van der Waals surface area (Å²) < 4.78 is 0. The molecule has 0 amide bonds. The smallest absolute Gasteiger partial charge is 0.219 e. The van der Waals surface area contributed by atoms with Crippen molar-refractivity contribution in [2.24, 2.45) is 23.7 Å². The van der Waals surface area contributed by atoms with Gasteiger partial charge in [0, 0.05) is 430 Å². The van der Waals surface area contributed by atoms with Crippen molar-refractivity contribution in [1.82, 2.24) is 89.8 Å². The Balaban J connectivity index is 0. The first kappa shape index (κ1) is 118. The van der Waals surface area contributed by atoms with E-state index >= 15 is 0 Å². The summed E-state index contributed by atoms with van der Waals surface area (Å²) in [6.07, 6.45) is 37.9. The molecule has 0 atom stereocenters. The summed E-state index contributed by atoms with van der Waals surface area (Å²) in [5.74, 6) is 11.2. The molecule has 612 valence electrons. The Morgan fingerprint density at radius 1 is 0.250 bits per heavy atom. The summed E-state index contributed by atoms with van der Waals surface area (Å²) in [6, 6.07) is 27.0. The predicted octanol–water partition coefficient (Wildman–Crippen LogP) is 9.41. The Bertz CT molecular complexity index is 2750. The van der Waals surface area contributed by atoms with E-state index in [-0.39, 0.29) is 262 Å². The van der Waals surface area contributed by atoms with Crippen LogP contribution in [0.1, 0.15) is 107 Å². The van der Waals surface area contributed by atoms with Gasteiger partial charge in [0.25, 0.3) is 0 Å². The van der Waals surface area contributed by atoms with Crippen molar-refractivity contribution >= 4 is 46.8 Å². The molecule has 0 unspecified atom stereocenters. The second-order valence-electron chi connectivity index (χ2n) is 28.1. The number of hydrogen-bond acceptors (Lipinski definition) is 26. The van der Waals surface area contributed by atoms with E-state index in [1.165, 1.54) is 51.4 Å². The monoisotopic (exact) mass is 2180 g/mol. The zero-order valence-corrected chi connectivity index (χ0v) is 94.3. The van der Waals surface area contributed by atoms with Crippen molar-refractivity contribution in [3.05, 3.63) is 160 Å². The van der Waals surface area contributed by atoms with Gasteiger partial charge < -0.3 is 80.9 Å². The Hall–Kier alpha value is -0.149. The molecule has 0 bridgehead atoms. The SMILES string of the molecule is CC.CC.CC1CCN(c2cc[c-]cn2)CC1.CC1CCN(c2cc[c-]nn2)CC1.CC1CCN(c2cn[c-]cn2)CC1.CC1CCN(c2nc[c-]cn2)CC1.CN1CCN(c2cc[c-]cn2)CC1.CN1CCN(c2cc[c-]nn2)CC1.CN1CCN(c2cn[c-]cn2)CC1.CN1CCN(c2nc[c-]cn2)CC1.[Y].[Y].[Y].[Y].[Y].[Y].[Y].[Y]. The molecule has 8 aliphatic heterocycles. The molecule has 0 aromatic carbocycles. The van der Waals surface area contributed by atoms with Gasteiger partial charge in [-0.1, -0.05) is 80.2 Å². The van der Waals surface area contributed by atoms with Gasteiger partial charge >= 0.3 is 0 Å². The van der Waals surface area contributed by atoms with Gasteiger partial charge in [0.2, 0.25) is 11.9 Å². The molecule has 8 fully saturated rings. The molecule has 8 saturated heterocycles. The van der Waals surface area contributed by atoms with E-state index in [2.05, 4.69) is 234 Å². The second-order valence-corrected chi connectivity index (χ2v) is 28.1. The largest absolute Gasteiger partial charge is 0.454 e. The number of piperidine rings is 4. The number of likely N-dealkylation sites (N-methyl/N-ethyl adjacent to an activating group) is 4. The van der Waals surface area contributed by atoms with Crippen LogP contribution in [0.3, 0.4) is 0 Å². The third-order valence-electron chi connectivity index (χ3n) is 19.9. The Morgan fingerprint density at radius 2 is 0.483 bits per heavy atom. The fourth-order valence-corrected chi connectivity index (χ4v) is 12.6. The first-order valence-corrected chi connectivity index (χ1v) is 39.4. The Kier molecular flexibility index (Phi) is 73.1. The molecule has 0 saturated carbocycles. The van der Waals surface area contributed by atoms with Crippen molar-refractivity contribution in [3.63, 3.8) is 0 Å². The van der Waals surface area contributed by atoms with E-state index in [1.807, 2.05) is 70.2 Å². The van der Waals surface area contributed by atoms with Gasteiger partial charge in [-0.2, -0.15) is 34.5 Å². The van der Waals surface area contributed by atoms with Gasteiger partial charge in [0.1, 0.15) is 0 Å². The molecule has 8 radical (unpaired) electrons. The van der Waals surface area contributed by atoms with E-state index in [4.69, 9.17) is 0 Å². The number of nitrogens with zero attached hydrogens (tertiary/aromatic N) is 26. The van der Waals surface area contributed by atoms with Crippen LogP contribution in [0.4, 0.5) is 46.8 Å². The number of rotatable bonds is 8. The van der Waals surface area contributed by atoms with Crippen LogP contribution < -0.4 is 39.2 Å². The maximum absolute atomic E-state index is 4.30. The quantitative estimate of drug-likeness (QED) is 0.129. The summed E-state index contributed by atoms with van der Waals surface area (Å²) >= 11 is 0. The van der Waals surface area contributed by atoms with E-state index < -0.39 is 0 Å². The molecule has 8 aromatic rings. The third kappa shape index (κ3) is 46.9. The minimum Gasteiger partial charge on any atom is -0.454 e. The van der Waals surface area contributed by atoms with Crippen LogP contribution in [0, 0.1) is 72.7 Å². The number of piperazine rings is 4. The van der Waals surface area contributed by atoms with Crippen LogP contribution in [0.2, 0.25) is 0 Å². The predicted molar refractivity (Wildman–Crippen MR) is 435 cm³/mol. The summed E-state index contributed by atoms with van der Waals surface area (Å²) in [4.78, 5) is 69.1. The van der Waals surface area contributed by atoms with Crippen LogP contribution in [-0.2, 0) is 262 Å². The minimum atomic E-state index is 0. The summed E-state index contributed by atoms with van der Waals surface area (Å²) in [5, 5.41) is 15.6. The van der Waals surface area contributed by atoms with Crippen LogP contribution in [0.5, 0.6) is 0 Å². The molecular weight excluding hydrogens is 2060 g/mol. The van der Waals surface area contributed by atoms with Gasteiger partial charge in [-0.15, -0.1) is 49.6 Å². The molecule has 8 aliphatic rings. The average molecular weight is 2180 g/mol. The molecule has 34 heteroatoms. The molecule has 8 aromatic heterocycles. The summed E-state index contributed by atoms with van der Waals surface area (Å²) in [6.45, 7) is 43.3. The van der Waals surface area contributed by atoms with Crippen LogP contribution in [0.25, 0.3) is 0 Å². The molecular formula is C82H122N26Y8-8. The molecule has 0 spiro atoms. The summed E-state index contributed by atoms with van der Waals surface area (Å²) in [7, 11) is 8.57. The maximum Gasteiger partial charge on any atom is 0.219 e. The van der Waals surface area contributed by atoms with Crippen LogP contribution in [-0.4, -0.2) is 275 Å². The number of hydrogen-bond donors (Lipinski definition) is 0. The molecule has 16 heterocycles. The molecule has 0 N–H and O–H groups in total. The molecule has 116 heavy (non-hydrogen) atoms. The third-order valence-corrected chi connectivity index (χ3v) is 19.9. The average Bonchev–Trinajstić information content (AvgIpc) is 0.928. The van der Waals surface area contributed by atoms with Crippen molar-refractivity contribution in [1.29, 1.82) is 0 Å². The molecule has 0 aliphatic carbocycles. The fourth-order valence-electron chi connectivity index (χ4n) is 12.6. The van der Waals surface area contributed by atoms with Gasteiger partial charge in [0.05, 0.1) is 23.3 Å². The van der Waals surface area contributed by atoms with Gasteiger partial charge in [-0.25, -0.2) is 36.4 Å². The normalized spacial score (nSPS) is 17.1. The van der Waals surface area contributed by atoms with Crippen molar-refractivity contribution < 1.29 is 262 Å². The standard InChI is InChI=1S/C11H15N2.4C10H14N3.3C9H13N4.2C2H6.8Y/c1-10-5-8-13(9-6-10)11-4-2-3-7-12-11;1-9-2-6-13(7-3-9)10-8-11-4-5-12-10;1-9-3-7-13(8-4-9)10-11-5-2-6-12-10;1-9-4-7-13(8-5-9)10-3-2-6-11-12-10;1-12-6-8-13(9-7-12)10-4-2-3-5-11-10;1-12-4-6-13(7-5-12)9-8-10-2-3-11-9;1-12-5-7-13(8-6-12)9-10-3-2-4-11-9;1-12-5-7-13(8-6-12)9-3-2-4-10-11-9;2*1-2;;;;;;;;/h2,4,7,10H,5-6,8-9H2,1H3;5,8-9H,2-3,6-7H2,1H3;5-6,9H,3-4,7-8H2,1H3;2-3,9H,4-5,7-8H2,1H3;2,4-5H,6-9H2,1H3;3,8H,4-7H2,1H3;3-4H,5-8H2,1H3;2-3H,5-8H2,1H3;2*1-2H3;;;;;;;;/q8*-1;;;;;;;;;;. The van der Waals surface area contributed by atoms with Crippen molar-refractivity contribution in [2.75, 3.05) is 224 Å². The summed E-state index contributed by atoms with van der Waals surface area (Å²) in [5.41, 5.74) is 0. The second kappa shape index (κ2) is 71.9. The van der Waals surface area contributed by atoms with E-state index in [0.717, 1.165) is 228 Å². The number of pyridine rings is 2. The van der Waals surface area contributed by atoms with E-state index in [0.29, 0.717) is 0 Å². The van der Waals surface area contributed by atoms with Gasteiger partial charge in [-0.05, 0) is 116 Å².